The molecule has 1 N–H and O–H groups in total. The molecule has 1 saturated carbocycles. The van der Waals surface area contributed by atoms with E-state index in [0.29, 0.717) is 17.0 Å². The lowest BCUT2D eigenvalue weighted by molar-refractivity contribution is 0.282. The Labute approximate surface area is 121 Å². The highest BCUT2D eigenvalue weighted by Gasteiger charge is 2.23. The predicted molar refractivity (Wildman–Crippen MR) is 81.8 cm³/mol. The first-order valence-corrected chi connectivity index (χ1v) is 7.65. The Kier molecular flexibility index (Phi) is 5.12. The summed E-state index contributed by atoms with van der Waals surface area (Å²) in [6, 6.07) is 6.70. The van der Waals surface area contributed by atoms with Crippen molar-refractivity contribution < 1.29 is 5.11 Å². The minimum atomic E-state index is 0.00667. The van der Waals surface area contributed by atoms with Gasteiger partial charge < -0.3 is 10.0 Å². The normalized spacial score (nSPS) is 16.3. The summed E-state index contributed by atoms with van der Waals surface area (Å²) in [5.41, 5.74) is 2.00. The summed E-state index contributed by atoms with van der Waals surface area (Å²) in [5, 5.41) is 9.88. The maximum Gasteiger partial charge on any atom is 0.0696 e. The largest absolute Gasteiger partial charge is 0.392 e. The minimum Gasteiger partial charge on any atom is -0.392 e. The molecule has 0 unspecified atom stereocenters. The minimum absolute atomic E-state index is 0.00667. The van der Waals surface area contributed by atoms with Gasteiger partial charge in [0.2, 0.25) is 0 Å². The van der Waals surface area contributed by atoms with Crippen LogP contribution in [0.1, 0.15) is 45.1 Å². The van der Waals surface area contributed by atoms with Gasteiger partial charge in [-0.2, -0.15) is 0 Å². The van der Waals surface area contributed by atoms with Gasteiger partial charge in [-0.15, -0.1) is 0 Å². The summed E-state index contributed by atoms with van der Waals surface area (Å²) < 4.78 is 0. The van der Waals surface area contributed by atoms with Gasteiger partial charge >= 0.3 is 0 Å². The van der Waals surface area contributed by atoms with Crippen LogP contribution in [-0.4, -0.2) is 17.7 Å². The van der Waals surface area contributed by atoms with Crippen LogP contribution in [0.4, 0.5) is 5.69 Å². The average molecular weight is 282 g/mol. The fraction of sp³-hybridized carbons (Fsp3) is 0.625. The zero-order valence-electron chi connectivity index (χ0n) is 11.9. The molecule has 0 atom stereocenters. The zero-order valence-corrected chi connectivity index (χ0v) is 12.7. The Hall–Kier alpha value is -0.730. The SMILES string of the molecule is CC(C)CN(c1ccc(CO)c(Cl)c1)C1CCCC1. The number of rotatable bonds is 5. The van der Waals surface area contributed by atoms with Gasteiger partial charge in [-0.1, -0.05) is 44.4 Å². The lowest BCUT2D eigenvalue weighted by atomic mass is 10.1. The molecule has 0 bridgehead atoms. The number of halogens is 1. The van der Waals surface area contributed by atoms with Gasteiger partial charge in [0.1, 0.15) is 0 Å². The molecule has 0 radical (unpaired) electrons. The first kappa shape index (κ1) is 14.7. The van der Waals surface area contributed by atoms with E-state index in [9.17, 15) is 5.11 Å². The van der Waals surface area contributed by atoms with Crippen molar-refractivity contribution in [3.63, 3.8) is 0 Å². The quantitative estimate of drug-likeness (QED) is 0.873. The second-order valence-corrected chi connectivity index (χ2v) is 6.33. The van der Waals surface area contributed by atoms with Crippen molar-refractivity contribution in [3.8, 4) is 0 Å². The Morgan fingerprint density at radius 3 is 2.53 bits per heavy atom. The van der Waals surface area contributed by atoms with Crippen molar-refractivity contribution in [2.75, 3.05) is 11.4 Å². The Morgan fingerprint density at radius 1 is 1.32 bits per heavy atom. The van der Waals surface area contributed by atoms with E-state index >= 15 is 0 Å². The standard InChI is InChI=1S/C16H24ClNO/c1-12(2)10-18(14-5-3-4-6-14)15-8-7-13(11-19)16(17)9-15/h7-9,12,14,19H,3-6,10-11H2,1-2H3. The van der Waals surface area contributed by atoms with Crippen molar-refractivity contribution in [1.82, 2.24) is 0 Å². The molecule has 0 saturated heterocycles. The average Bonchev–Trinajstić information content (AvgIpc) is 2.89. The number of benzene rings is 1. The van der Waals surface area contributed by atoms with Gasteiger partial charge in [0.05, 0.1) is 6.61 Å². The van der Waals surface area contributed by atoms with Gasteiger partial charge in [0.15, 0.2) is 0 Å². The zero-order chi connectivity index (χ0) is 13.8. The summed E-state index contributed by atoms with van der Waals surface area (Å²) in [4.78, 5) is 2.50. The molecule has 1 aliphatic rings. The number of hydrogen-bond donors (Lipinski definition) is 1. The lowest BCUT2D eigenvalue weighted by Gasteiger charge is -2.33. The summed E-state index contributed by atoms with van der Waals surface area (Å²) in [5.74, 6) is 0.636. The van der Waals surface area contributed by atoms with Crippen LogP contribution >= 0.6 is 11.6 Å². The van der Waals surface area contributed by atoms with E-state index < -0.39 is 0 Å². The van der Waals surface area contributed by atoms with Crippen molar-refractivity contribution >= 4 is 17.3 Å². The maximum atomic E-state index is 9.21. The Balaban J connectivity index is 2.23. The molecule has 0 aliphatic heterocycles. The molecule has 0 aromatic heterocycles. The number of nitrogens with zero attached hydrogens (tertiary/aromatic N) is 1. The summed E-state index contributed by atoms with van der Waals surface area (Å²) >= 11 is 6.23. The molecule has 1 aliphatic carbocycles. The van der Waals surface area contributed by atoms with Gasteiger partial charge in [-0.05, 0) is 36.5 Å². The fourth-order valence-corrected chi connectivity index (χ4v) is 3.15. The highest BCUT2D eigenvalue weighted by molar-refractivity contribution is 6.31. The van der Waals surface area contributed by atoms with Crippen LogP contribution < -0.4 is 4.90 Å². The van der Waals surface area contributed by atoms with E-state index in [2.05, 4.69) is 24.8 Å². The third-order valence-electron chi connectivity index (χ3n) is 3.87. The molecule has 3 heteroatoms. The first-order chi connectivity index (χ1) is 9.11. The van der Waals surface area contributed by atoms with Crippen LogP contribution in [0.25, 0.3) is 0 Å². The van der Waals surface area contributed by atoms with E-state index in [1.807, 2.05) is 12.1 Å². The molecule has 1 aromatic carbocycles. The van der Waals surface area contributed by atoms with E-state index in [1.165, 1.54) is 31.4 Å². The second kappa shape index (κ2) is 6.62. The van der Waals surface area contributed by atoms with Crippen molar-refractivity contribution in [1.29, 1.82) is 0 Å². The highest BCUT2D eigenvalue weighted by atomic mass is 35.5. The highest BCUT2D eigenvalue weighted by Crippen LogP contribution is 2.31. The molecule has 19 heavy (non-hydrogen) atoms. The van der Waals surface area contributed by atoms with Crippen LogP contribution in [0.15, 0.2) is 18.2 Å². The van der Waals surface area contributed by atoms with Crippen LogP contribution in [0.5, 0.6) is 0 Å². The molecule has 0 heterocycles. The lowest BCUT2D eigenvalue weighted by Crippen LogP contribution is -2.36. The van der Waals surface area contributed by atoms with Crippen LogP contribution in [0.3, 0.4) is 0 Å². The summed E-state index contributed by atoms with van der Waals surface area (Å²) in [6.07, 6.45) is 5.24. The second-order valence-electron chi connectivity index (χ2n) is 5.92. The third kappa shape index (κ3) is 3.64. The molecule has 0 spiro atoms. The Bertz CT molecular complexity index is 413. The van der Waals surface area contributed by atoms with E-state index in [4.69, 9.17) is 11.6 Å². The van der Waals surface area contributed by atoms with Crippen molar-refractivity contribution in [2.24, 2.45) is 5.92 Å². The molecule has 1 fully saturated rings. The Morgan fingerprint density at radius 2 is 2.00 bits per heavy atom. The van der Waals surface area contributed by atoms with Gasteiger partial charge in [0.25, 0.3) is 0 Å². The number of aliphatic hydroxyl groups is 1. The first-order valence-electron chi connectivity index (χ1n) is 7.27. The van der Waals surface area contributed by atoms with E-state index in [0.717, 1.165) is 12.1 Å². The van der Waals surface area contributed by atoms with Crippen molar-refractivity contribution in [3.05, 3.63) is 28.8 Å². The van der Waals surface area contributed by atoms with Crippen LogP contribution in [0.2, 0.25) is 5.02 Å². The van der Waals surface area contributed by atoms with Crippen LogP contribution in [-0.2, 0) is 6.61 Å². The van der Waals surface area contributed by atoms with Gasteiger partial charge in [-0.25, -0.2) is 0 Å². The third-order valence-corrected chi connectivity index (χ3v) is 4.22. The predicted octanol–water partition coefficient (Wildman–Crippen LogP) is 4.24. The molecule has 1 aromatic rings. The molecule has 0 amide bonds. The molecule has 106 valence electrons. The smallest absolute Gasteiger partial charge is 0.0696 e. The summed E-state index contributed by atoms with van der Waals surface area (Å²) in [7, 11) is 0. The van der Waals surface area contributed by atoms with Gasteiger partial charge in [-0.3, -0.25) is 0 Å². The number of hydrogen-bond acceptors (Lipinski definition) is 2. The fourth-order valence-electron chi connectivity index (χ4n) is 2.92. The maximum absolute atomic E-state index is 9.21. The number of aliphatic hydroxyl groups excluding tert-OH is 1. The molecular formula is C16H24ClNO. The summed E-state index contributed by atoms with van der Waals surface area (Å²) in [6.45, 7) is 5.59. The number of anilines is 1. The van der Waals surface area contributed by atoms with E-state index in [1.54, 1.807) is 0 Å². The molecule has 2 nitrogen and oxygen atoms in total. The van der Waals surface area contributed by atoms with Crippen molar-refractivity contribution in [2.45, 2.75) is 52.2 Å². The van der Waals surface area contributed by atoms with Crippen LogP contribution in [0, 0.1) is 5.92 Å². The molecule has 2 rings (SSSR count). The van der Waals surface area contributed by atoms with Gasteiger partial charge in [0, 0.05) is 23.3 Å². The van der Waals surface area contributed by atoms with E-state index in [-0.39, 0.29) is 6.61 Å². The topological polar surface area (TPSA) is 23.5 Å². The monoisotopic (exact) mass is 281 g/mol. The molecular weight excluding hydrogens is 258 g/mol.